The van der Waals surface area contributed by atoms with Crippen LogP contribution >= 0.6 is 0 Å². The molecule has 1 fully saturated rings. The van der Waals surface area contributed by atoms with Crippen LogP contribution in [-0.2, 0) is 16.0 Å². The van der Waals surface area contributed by atoms with Crippen molar-refractivity contribution in [1.29, 1.82) is 0 Å². The van der Waals surface area contributed by atoms with E-state index in [-0.39, 0.29) is 17.7 Å². The van der Waals surface area contributed by atoms with Gasteiger partial charge in [0.25, 0.3) is 0 Å². The van der Waals surface area contributed by atoms with Crippen LogP contribution < -0.4 is 22.1 Å². The molecule has 2 amide bonds. The van der Waals surface area contributed by atoms with Gasteiger partial charge >= 0.3 is 5.76 Å². The van der Waals surface area contributed by atoms with E-state index in [1.807, 2.05) is 36.4 Å². The molecule has 0 spiro atoms. The number of anilines is 1. The van der Waals surface area contributed by atoms with E-state index in [4.69, 9.17) is 5.73 Å². The molecule has 2 heterocycles. The van der Waals surface area contributed by atoms with Gasteiger partial charge < -0.3 is 16.4 Å². The number of benzene rings is 2. The first-order valence-electron chi connectivity index (χ1n) is 13.5. The van der Waals surface area contributed by atoms with Crippen molar-refractivity contribution in [2.45, 2.75) is 38.1 Å². The summed E-state index contributed by atoms with van der Waals surface area (Å²) < 4.78 is 4.55. The maximum atomic E-state index is 13.5. The second-order valence-corrected chi connectivity index (χ2v) is 10.2. The zero-order valence-electron chi connectivity index (χ0n) is 22.0. The lowest BCUT2D eigenvalue weighted by Gasteiger charge is -2.28. The zero-order chi connectivity index (χ0) is 27.9. The van der Waals surface area contributed by atoms with E-state index in [2.05, 4.69) is 30.3 Å². The number of pyridine rings is 1. The van der Waals surface area contributed by atoms with Crippen LogP contribution in [0.25, 0.3) is 22.5 Å². The van der Waals surface area contributed by atoms with Crippen LogP contribution in [0, 0.1) is 11.8 Å². The number of hydrogen-bond donors (Lipinski definition) is 4. The molecule has 2 aromatic carbocycles. The maximum absolute atomic E-state index is 13.5. The first kappa shape index (κ1) is 27.0. The molecule has 10 nitrogen and oxygen atoms in total. The maximum Gasteiger partial charge on any atom is 0.439 e. The number of nitrogens with two attached hydrogens (primary N) is 1. The molecule has 1 saturated carbocycles. The first-order chi connectivity index (χ1) is 19.5. The predicted octanol–water partition coefficient (Wildman–Crippen LogP) is 3.52. The number of carbonyl (C=O) groups is 2. The predicted molar refractivity (Wildman–Crippen MR) is 151 cm³/mol. The molecule has 0 aliphatic heterocycles. The summed E-state index contributed by atoms with van der Waals surface area (Å²) in [6, 6.07) is 17.9. The van der Waals surface area contributed by atoms with Crippen molar-refractivity contribution < 1.29 is 14.1 Å². The fourth-order valence-electron chi connectivity index (χ4n) is 5.07. The van der Waals surface area contributed by atoms with E-state index in [0.29, 0.717) is 36.0 Å². The Labute approximate surface area is 231 Å². The molecule has 0 bridgehead atoms. The Morgan fingerprint density at radius 1 is 0.925 bits per heavy atom. The van der Waals surface area contributed by atoms with Crippen molar-refractivity contribution in [1.82, 2.24) is 20.4 Å². The zero-order valence-corrected chi connectivity index (χ0v) is 22.0. The summed E-state index contributed by atoms with van der Waals surface area (Å²) in [5, 5.41) is 9.61. The standard InChI is InChI=1S/C30H32N6O4/c31-18-20-3-7-24(8-4-20)28(37)34-26(17-19-1-5-21(6-2-19)22-13-15-32-16-14-22)29(38)33-25-11-9-23(10-12-25)27-35-30(39)40-36-27/h1-2,5-6,9-16,20,24,26H,3-4,7-8,17-18,31H2,(H,33,38)(H,34,37)(H,35,36,39)/t20?,24?,26-/m0/s1. The summed E-state index contributed by atoms with van der Waals surface area (Å²) in [4.78, 5) is 44.5. The molecular formula is C30H32N6O4. The van der Waals surface area contributed by atoms with E-state index in [1.165, 1.54) is 0 Å². The summed E-state index contributed by atoms with van der Waals surface area (Å²) in [5.74, 6) is -0.431. The Hall–Kier alpha value is -4.57. The lowest BCUT2D eigenvalue weighted by Crippen LogP contribution is -2.48. The summed E-state index contributed by atoms with van der Waals surface area (Å²) in [5.41, 5.74) is 10.0. The molecule has 4 aromatic rings. The Morgan fingerprint density at radius 3 is 2.20 bits per heavy atom. The number of aromatic nitrogens is 3. The number of amides is 2. The monoisotopic (exact) mass is 540 g/mol. The van der Waals surface area contributed by atoms with Crippen molar-refractivity contribution in [2.24, 2.45) is 17.6 Å². The average Bonchev–Trinajstić information content (AvgIpc) is 3.44. The Kier molecular flexibility index (Phi) is 8.46. The minimum atomic E-state index is -0.766. The third kappa shape index (κ3) is 6.70. The van der Waals surface area contributed by atoms with Crippen molar-refractivity contribution in [2.75, 3.05) is 11.9 Å². The molecule has 5 rings (SSSR count). The van der Waals surface area contributed by atoms with Gasteiger partial charge in [0.2, 0.25) is 11.8 Å². The largest absolute Gasteiger partial charge is 0.439 e. The number of nitrogens with zero attached hydrogens (tertiary/aromatic N) is 2. The smallest absolute Gasteiger partial charge is 0.344 e. The highest BCUT2D eigenvalue weighted by atomic mass is 16.5. The topological polar surface area (TPSA) is 156 Å². The van der Waals surface area contributed by atoms with Crippen LogP contribution in [0.15, 0.2) is 82.4 Å². The highest BCUT2D eigenvalue weighted by Gasteiger charge is 2.29. The van der Waals surface area contributed by atoms with E-state index in [0.717, 1.165) is 42.4 Å². The van der Waals surface area contributed by atoms with Gasteiger partial charge in [0.05, 0.1) is 0 Å². The molecular weight excluding hydrogens is 508 g/mol. The van der Waals surface area contributed by atoms with Gasteiger partial charge in [0.15, 0.2) is 5.82 Å². The van der Waals surface area contributed by atoms with Gasteiger partial charge in [-0.25, -0.2) is 4.79 Å². The van der Waals surface area contributed by atoms with Crippen molar-refractivity contribution in [3.8, 4) is 22.5 Å². The Morgan fingerprint density at radius 2 is 1.57 bits per heavy atom. The van der Waals surface area contributed by atoms with Gasteiger partial charge in [0.1, 0.15) is 6.04 Å². The molecule has 5 N–H and O–H groups in total. The highest BCUT2D eigenvalue weighted by Crippen LogP contribution is 2.28. The summed E-state index contributed by atoms with van der Waals surface area (Å²) in [7, 11) is 0. The molecule has 1 atom stereocenters. The molecule has 0 saturated heterocycles. The van der Waals surface area contributed by atoms with E-state index < -0.39 is 11.8 Å². The lowest BCUT2D eigenvalue weighted by molar-refractivity contribution is -0.130. The number of aromatic amines is 1. The van der Waals surface area contributed by atoms with E-state index in [9.17, 15) is 14.4 Å². The van der Waals surface area contributed by atoms with Crippen molar-refractivity contribution in [3.63, 3.8) is 0 Å². The second-order valence-electron chi connectivity index (χ2n) is 10.2. The molecule has 40 heavy (non-hydrogen) atoms. The number of carbonyl (C=O) groups excluding carboxylic acids is 2. The van der Waals surface area contributed by atoms with Crippen LogP contribution in [0.4, 0.5) is 5.69 Å². The lowest BCUT2D eigenvalue weighted by atomic mass is 9.81. The number of rotatable bonds is 9. The van der Waals surface area contributed by atoms with Crippen LogP contribution in [-0.4, -0.2) is 39.5 Å². The number of hydrogen-bond acceptors (Lipinski definition) is 7. The van der Waals surface area contributed by atoms with Gasteiger partial charge in [0, 0.05) is 36.0 Å². The molecule has 0 radical (unpaired) electrons. The van der Waals surface area contributed by atoms with Crippen LogP contribution in [0.3, 0.4) is 0 Å². The van der Waals surface area contributed by atoms with Crippen LogP contribution in [0.5, 0.6) is 0 Å². The summed E-state index contributed by atoms with van der Waals surface area (Å²) in [6.07, 6.45) is 7.22. The SMILES string of the molecule is NCC1CCC(C(=O)N[C@@H](Cc2ccc(-c3ccncc3)cc2)C(=O)Nc2ccc(-c3noc(=O)[nH]3)cc2)CC1. The van der Waals surface area contributed by atoms with Gasteiger partial charge in [-0.15, -0.1) is 0 Å². The third-order valence-electron chi connectivity index (χ3n) is 7.46. The minimum Gasteiger partial charge on any atom is -0.344 e. The third-order valence-corrected chi connectivity index (χ3v) is 7.46. The van der Waals surface area contributed by atoms with Crippen molar-refractivity contribution >= 4 is 17.5 Å². The van der Waals surface area contributed by atoms with Crippen LogP contribution in [0.1, 0.15) is 31.2 Å². The van der Waals surface area contributed by atoms with E-state index >= 15 is 0 Å². The molecule has 1 aliphatic rings. The normalized spacial score (nSPS) is 17.6. The first-order valence-corrected chi connectivity index (χ1v) is 13.5. The Bertz CT molecular complexity index is 1470. The Balaban J connectivity index is 1.30. The highest BCUT2D eigenvalue weighted by molar-refractivity contribution is 5.97. The molecule has 10 heteroatoms. The van der Waals surface area contributed by atoms with Gasteiger partial charge in [-0.2, -0.15) is 0 Å². The van der Waals surface area contributed by atoms with Gasteiger partial charge in [-0.3, -0.25) is 24.1 Å². The number of nitrogens with one attached hydrogen (secondary N) is 3. The molecule has 206 valence electrons. The fraction of sp³-hybridized carbons (Fsp3) is 0.300. The molecule has 0 unspecified atom stereocenters. The number of H-pyrrole nitrogens is 1. The fourth-order valence-corrected chi connectivity index (χ4v) is 5.07. The van der Waals surface area contributed by atoms with E-state index in [1.54, 1.807) is 36.7 Å². The second kappa shape index (κ2) is 12.5. The van der Waals surface area contributed by atoms with Gasteiger partial charge in [-0.05, 0) is 91.2 Å². The minimum absolute atomic E-state index is 0.102. The summed E-state index contributed by atoms with van der Waals surface area (Å²) in [6.45, 7) is 0.639. The molecule has 1 aliphatic carbocycles. The van der Waals surface area contributed by atoms with Crippen molar-refractivity contribution in [3.05, 3.63) is 89.2 Å². The van der Waals surface area contributed by atoms with Gasteiger partial charge in [-0.1, -0.05) is 29.4 Å². The average molecular weight is 541 g/mol. The summed E-state index contributed by atoms with van der Waals surface area (Å²) >= 11 is 0. The van der Waals surface area contributed by atoms with Crippen LogP contribution in [0.2, 0.25) is 0 Å². The quantitative estimate of drug-likeness (QED) is 0.253. The molecule has 2 aromatic heterocycles.